The Morgan fingerprint density at radius 2 is 2.00 bits per heavy atom. The number of nitrogens with zero attached hydrogens (tertiary/aromatic N) is 1. The lowest BCUT2D eigenvalue weighted by Crippen LogP contribution is -2.74. The van der Waals surface area contributed by atoms with Crippen LogP contribution in [-0.2, 0) is 25.5 Å². The molecule has 2 amide bonds. The number of hydrogen-bond donors (Lipinski definition) is 1. The fraction of sp³-hybridized carbons (Fsp3) is 0.476. The van der Waals surface area contributed by atoms with E-state index in [0.717, 1.165) is 30.4 Å². The number of carbonyl (C=O) groups excluding carboxylic acids is 3. The van der Waals surface area contributed by atoms with E-state index in [4.69, 9.17) is 4.74 Å². The van der Waals surface area contributed by atoms with Crippen molar-refractivity contribution in [1.82, 2.24) is 10.2 Å². The zero-order valence-electron chi connectivity index (χ0n) is 16.3. The monoisotopic (exact) mass is 480 g/mol. The van der Waals surface area contributed by atoms with E-state index in [1.807, 2.05) is 35.7 Å². The van der Waals surface area contributed by atoms with Gasteiger partial charge in [-0.2, -0.15) is 0 Å². The Balaban J connectivity index is 1.62. The van der Waals surface area contributed by atoms with Crippen LogP contribution in [0.5, 0.6) is 0 Å². The summed E-state index contributed by atoms with van der Waals surface area (Å²) in [6, 6.07) is 8.04. The molecule has 0 saturated carbocycles. The second-order valence-electron chi connectivity index (χ2n) is 7.08. The van der Waals surface area contributed by atoms with E-state index in [1.165, 1.54) is 16.7 Å². The van der Waals surface area contributed by atoms with Crippen molar-refractivity contribution < 1.29 is 19.1 Å². The van der Waals surface area contributed by atoms with E-state index in [0.29, 0.717) is 11.9 Å². The number of thioether (sulfide) groups is 1. The van der Waals surface area contributed by atoms with Crippen molar-refractivity contribution in [3.05, 3.63) is 46.9 Å². The van der Waals surface area contributed by atoms with Crippen LogP contribution in [0.15, 0.2) is 41.3 Å². The first-order valence-electron chi connectivity index (χ1n) is 9.79. The molecule has 2 heterocycles. The van der Waals surface area contributed by atoms with Crippen molar-refractivity contribution in [3.8, 4) is 0 Å². The molecule has 1 aromatic rings. The number of hydrogen-bond acceptors (Lipinski definition) is 5. The maximum atomic E-state index is 12.8. The summed E-state index contributed by atoms with van der Waals surface area (Å²) in [4.78, 5) is 39.4. The zero-order valence-corrected chi connectivity index (χ0v) is 18.7. The van der Waals surface area contributed by atoms with Crippen molar-refractivity contribution in [2.75, 3.05) is 11.9 Å². The molecule has 29 heavy (non-hydrogen) atoms. The van der Waals surface area contributed by atoms with Gasteiger partial charge < -0.3 is 15.0 Å². The Morgan fingerprint density at radius 1 is 1.24 bits per heavy atom. The largest absolute Gasteiger partial charge is 0.464 e. The number of rotatable bonds is 9. The fourth-order valence-electron chi connectivity index (χ4n) is 3.42. The first-order chi connectivity index (χ1) is 14.1. The summed E-state index contributed by atoms with van der Waals surface area (Å²) in [5, 5.41) is 4.91. The van der Waals surface area contributed by atoms with Crippen LogP contribution in [0, 0.1) is 0 Å². The average Bonchev–Trinajstić information content (AvgIpc) is 2.74. The van der Waals surface area contributed by atoms with Crippen LogP contribution in [0.25, 0.3) is 0 Å². The third-order valence-electron chi connectivity index (χ3n) is 4.96. The summed E-state index contributed by atoms with van der Waals surface area (Å²) in [7, 11) is 0. The molecular formula is C21H25BrN2O4S. The lowest BCUT2D eigenvalue weighted by Gasteiger charge is -2.51. The van der Waals surface area contributed by atoms with Gasteiger partial charge in [-0.1, -0.05) is 66.0 Å². The van der Waals surface area contributed by atoms with Gasteiger partial charge in [-0.25, -0.2) is 4.79 Å². The van der Waals surface area contributed by atoms with Crippen LogP contribution in [0.2, 0.25) is 0 Å². The minimum Gasteiger partial charge on any atom is -0.464 e. The number of ether oxygens (including phenoxy) is 1. The minimum absolute atomic E-state index is 0.205. The van der Waals surface area contributed by atoms with E-state index in [9.17, 15) is 14.4 Å². The number of halogens is 1. The second kappa shape index (κ2) is 10.3. The molecule has 2 aliphatic heterocycles. The molecule has 1 fully saturated rings. The summed E-state index contributed by atoms with van der Waals surface area (Å²) in [6.45, 7) is 2.44. The van der Waals surface area contributed by atoms with Gasteiger partial charge in [0, 0.05) is 5.33 Å². The van der Waals surface area contributed by atoms with Gasteiger partial charge in [-0.15, -0.1) is 11.8 Å². The highest BCUT2D eigenvalue weighted by Gasteiger charge is 2.55. The molecule has 6 nitrogen and oxygen atoms in total. The van der Waals surface area contributed by atoms with E-state index in [-0.39, 0.29) is 23.6 Å². The highest BCUT2D eigenvalue weighted by molar-refractivity contribution is 9.09. The molecular weight excluding hydrogens is 456 g/mol. The van der Waals surface area contributed by atoms with Gasteiger partial charge in [0.25, 0.3) is 0 Å². The van der Waals surface area contributed by atoms with Crippen LogP contribution < -0.4 is 5.32 Å². The molecule has 1 saturated heterocycles. The van der Waals surface area contributed by atoms with E-state index >= 15 is 0 Å². The van der Waals surface area contributed by atoms with Crippen molar-refractivity contribution in [3.63, 3.8) is 0 Å². The molecule has 3 rings (SSSR count). The standard InChI is InChI=1S/C21H25BrN2O4S/c1-2-3-7-10-28-21(27)18-15(12-22)13-29-20-17(19(26)24(18)20)23-16(25)11-14-8-5-4-6-9-14/h4-6,8-9,13,17-18,20H,2-3,7,10-12H2,1H3,(H,23,25)/t17?,18?,20-/m1/s1. The smallest absolute Gasteiger partial charge is 0.333 e. The normalized spacial score (nSPS) is 23.0. The van der Waals surface area contributed by atoms with Gasteiger partial charge in [-0.3, -0.25) is 9.59 Å². The molecule has 0 aromatic heterocycles. The quantitative estimate of drug-likeness (QED) is 0.254. The van der Waals surface area contributed by atoms with E-state index < -0.39 is 18.1 Å². The maximum Gasteiger partial charge on any atom is 0.333 e. The van der Waals surface area contributed by atoms with E-state index in [2.05, 4.69) is 28.2 Å². The number of β-lactam (4-membered cyclic amide) rings is 1. The predicted molar refractivity (Wildman–Crippen MR) is 116 cm³/mol. The zero-order chi connectivity index (χ0) is 20.8. The number of esters is 1. The number of alkyl halides is 1. The average molecular weight is 481 g/mol. The Hall–Kier alpha value is -1.80. The molecule has 3 atom stereocenters. The third kappa shape index (κ3) is 5.04. The molecule has 0 bridgehead atoms. The van der Waals surface area contributed by atoms with Crippen molar-refractivity contribution in [1.29, 1.82) is 0 Å². The highest BCUT2D eigenvalue weighted by atomic mass is 79.9. The van der Waals surface area contributed by atoms with Crippen LogP contribution in [0.3, 0.4) is 0 Å². The number of fused-ring (bicyclic) bond motifs is 1. The third-order valence-corrected chi connectivity index (χ3v) is 6.83. The Morgan fingerprint density at radius 3 is 2.69 bits per heavy atom. The lowest BCUT2D eigenvalue weighted by molar-refractivity contribution is -0.163. The predicted octanol–water partition coefficient (Wildman–Crippen LogP) is 3.01. The Kier molecular flexibility index (Phi) is 7.77. The van der Waals surface area contributed by atoms with Crippen LogP contribution >= 0.6 is 27.7 Å². The van der Waals surface area contributed by atoms with Gasteiger partial charge in [0.1, 0.15) is 11.4 Å². The van der Waals surface area contributed by atoms with Gasteiger partial charge in [0.15, 0.2) is 6.04 Å². The Labute approximate surface area is 183 Å². The molecule has 156 valence electrons. The number of benzene rings is 1. The molecule has 0 aliphatic carbocycles. The molecule has 2 unspecified atom stereocenters. The molecule has 0 spiro atoms. The van der Waals surface area contributed by atoms with Crippen LogP contribution in [-0.4, -0.2) is 52.1 Å². The molecule has 1 aromatic carbocycles. The first-order valence-corrected chi connectivity index (χ1v) is 11.9. The van der Waals surface area contributed by atoms with Gasteiger partial charge >= 0.3 is 5.97 Å². The fourth-order valence-corrected chi connectivity index (χ4v) is 5.32. The summed E-state index contributed by atoms with van der Waals surface area (Å²) >= 11 is 4.85. The molecule has 2 aliphatic rings. The van der Waals surface area contributed by atoms with Crippen molar-refractivity contribution in [2.45, 2.75) is 50.1 Å². The van der Waals surface area contributed by atoms with Crippen LogP contribution in [0.4, 0.5) is 0 Å². The summed E-state index contributed by atoms with van der Waals surface area (Å²) in [5.41, 5.74) is 1.69. The summed E-state index contributed by atoms with van der Waals surface area (Å²) < 4.78 is 5.42. The van der Waals surface area contributed by atoms with Crippen molar-refractivity contribution >= 4 is 45.5 Å². The van der Waals surface area contributed by atoms with Crippen LogP contribution in [0.1, 0.15) is 31.7 Å². The number of unbranched alkanes of at least 4 members (excludes halogenated alkanes) is 2. The molecule has 0 radical (unpaired) electrons. The van der Waals surface area contributed by atoms with Gasteiger partial charge in [0.2, 0.25) is 11.8 Å². The Bertz CT molecular complexity index is 786. The minimum atomic E-state index is -0.725. The second-order valence-corrected chi connectivity index (χ2v) is 8.63. The SMILES string of the molecule is CCCCCOC(=O)C1C(CBr)=CS[C@@H]2C(NC(=O)Cc3ccccc3)C(=O)N12. The topological polar surface area (TPSA) is 75.7 Å². The maximum absolute atomic E-state index is 12.8. The summed E-state index contributed by atoms with van der Waals surface area (Å²) in [6.07, 6.45) is 3.07. The number of carbonyl (C=O) groups is 3. The van der Waals surface area contributed by atoms with Gasteiger partial charge in [-0.05, 0) is 23.0 Å². The van der Waals surface area contributed by atoms with Crippen molar-refractivity contribution in [2.24, 2.45) is 0 Å². The summed E-state index contributed by atoms with van der Waals surface area (Å²) in [5.74, 6) is -0.853. The van der Waals surface area contributed by atoms with Gasteiger partial charge in [0.05, 0.1) is 13.0 Å². The van der Waals surface area contributed by atoms with E-state index in [1.54, 1.807) is 0 Å². The molecule has 8 heteroatoms. The number of nitrogens with one attached hydrogen (secondary N) is 1. The lowest BCUT2D eigenvalue weighted by atomic mass is 9.98. The highest BCUT2D eigenvalue weighted by Crippen LogP contribution is 2.40. The first kappa shape index (κ1) is 21.9. The number of amides is 2. The molecule has 1 N–H and O–H groups in total.